The van der Waals surface area contributed by atoms with Gasteiger partial charge in [0.15, 0.2) is 0 Å². The third kappa shape index (κ3) is 4.03. The maximum atomic E-state index is 12.1. The molecule has 0 radical (unpaired) electrons. The molecular weight excluding hydrogens is 272 g/mol. The van der Waals surface area contributed by atoms with E-state index in [4.69, 9.17) is 0 Å². The first-order valence-electron chi connectivity index (χ1n) is 5.50. The molecule has 1 aromatic carbocycles. The summed E-state index contributed by atoms with van der Waals surface area (Å²) < 4.78 is 28.4. The van der Waals surface area contributed by atoms with Crippen molar-refractivity contribution in [1.29, 1.82) is 0 Å². The van der Waals surface area contributed by atoms with E-state index in [0.717, 1.165) is 4.88 Å². The van der Waals surface area contributed by atoms with E-state index < -0.39 is 6.61 Å². The van der Waals surface area contributed by atoms with Crippen molar-refractivity contribution >= 4 is 17.2 Å². The summed E-state index contributed by atoms with van der Waals surface area (Å²) in [6.45, 7) is -2.49. The Morgan fingerprint density at radius 2 is 2.16 bits per heavy atom. The standard InChI is InChI=1S/C13H11F2NO2S/c14-13(15)18-10-4-1-3-9(7-10)12(17)16-8-11-5-2-6-19-11/h1-7,13H,8H2,(H,16,17). The number of nitrogens with one attached hydrogen (secondary N) is 1. The smallest absolute Gasteiger partial charge is 0.387 e. The number of amides is 1. The van der Waals surface area contributed by atoms with E-state index in [1.54, 1.807) is 6.07 Å². The van der Waals surface area contributed by atoms with Crippen molar-refractivity contribution < 1.29 is 18.3 Å². The summed E-state index contributed by atoms with van der Waals surface area (Å²) in [6, 6.07) is 9.50. The molecular formula is C13H11F2NO2S. The SMILES string of the molecule is O=C(NCc1cccs1)c1cccc(OC(F)F)c1. The summed E-state index contributed by atoms with van der Waals surface area (Å²) in [6.07, 6.45) is 0. The van der Waals surface area contributed by atoms with Gasteiger partial charge in [-0.1, -0.05) is 12.1 Å². The van der Waals surface area contributed by atoms with E-state index in [9.17, 15) is 13.6 Å². The van der Waals surface area contributed by atoms with Gasteiger partial charge in [0.05, 0.1) is 6.54 Å². The Labute approximate surface area is 112 Å². The van der Waals surface area contributed by atoms with E-state index in [2.05, 4.69) is 10.1 Å². The fourth-order valence-corrected chi connectivity index (χ4v) is 2.14. The Hall–Kier alpha value is -1.95. The molecule has 0 saturated carbocycles. The first-order valence-corrected chi connectivity index (χ1v) is 6.38. The van der Waals surface area contributed by atoms with Gasteiger partial charge in [0, 0.05) is 10.4 Å². The molecule has 1 amide bonds. The van der Waals surface area contributed by atoms with Gasteiger partial charge < -0.3 is 10.1 Å². The molecule has 0 aliphatic carbocycles. The van der Waals surface area contributed by atoms with Gasteiger partial charge in [-0.2, -0.15) is 8.78 Å². The lowest BCUT2D eigenvalue weighted by Crippen LogP contribution is -2.22. The van der Waals surface area contributed by atoms with Gasteiger partial charge in [0.2, 0.25) is 0 Å². The highest BCUT2D eigenvalue weighted by Crippen LogP contribution is 2.16. The maximum absolute atomic E-state index is 12.1. The van der Waals surface area contributed by atoms with Crippen LogP contribution in [0.3, 0.4) is 0 Å². The molecule has 1 aromatic heterocycles. The van der Waals surface area contributed by atoms with Gasteiger partial charge in [-0.25, -0.2) is 0 Å². The van der Waals surface area contributed by atoms with E-state index >= 15 is 0 Å². The molecule has 0 unspecified atom stereocenters. The van der Waals surface area contributed by atoms with Crippen molar-refractivity contribution in [3.05, 3.63) is 52.2 Å². The largest absolute Gasteiger partial charge is 0.435 e. The Balaban J connectivity index is 1.98. The average Bonchev–Trinajstić information content (AvgIpc) is 2.88. The summed E-state index contributed by atoms with van der Waals surface area (Å²) in [5.41, 5.74) is 0.287. The predicted molar refractivity (Wildman–Crippen MR) is 68.6 cm³/mol. The van der Waals surface area contributed by atoms with Crippen LogP contribution in [0.1, 0.15) is 15.2 Å². The summed E-state index contributed by atoms with van der Waals surface area (Å²) in [5.74, 6) is -0.355. The van der Waals surface area contributed by atoms with Crippen LogP contribution < -0.4 is 10.1 Å². The van der Waals surface area contributed by atoms with Crippen LogP contribution in [0.4, 0.5) is 8.78 Å². The molecule has 0 bridgehead atoms. The number of halogens is 2. The molecule has 2 rings (SSSR count). The minimum Gasteiger partial charge on any atom is -0.435 e. The number of hydrogen-bond acceptors (Lipinski definition) is 3. The minimum atomic E-state index is -2.90. The van der Waals surface area contributed by atoms with Crippen LogP contribution in [0, 0.1) is 0 Å². The number of carbonyl (C=O) groups excluding carboxylic acids is 1. The zero-order valence-corrected chi connectivity index (χ0v) is 10.6. The summed E-state index contributed by atoms with van der Waals surface area (Å²) in [5, 5.41) is 4.63. The van der Waals surface area contributed by atoms with Crippen LogP contribution in [0.5, 0.6) is 5.75 Å². The molecule has 3 nitrogen and oxygen atoms in total. The summed E-state index contributed by atoms with van der Waals surface area (Å²) in [4.78, 5) is 12.8. The Morgan fingerprint density at radius 3 is 2.84 bits per heavy atom. The highest BCUT2D eigenvalue weighted by atomic mass is 32.1. The lowest BCUT2D eigenvalue weighted by Gasteiger charge is -2.07. The number of carbonyl (C=O) groups is 1. The molecule has 1 heterocycles. The van der Waals surface area contributed by atoms with Crippen LogP contribution in [-0.2, 0) is 6.54 Å². The second-order valence-corrected chi connectivity index (χ2v) is 4.70. The molecule has 1 N–H and O–H groups in total. The topological polar surface area (TPSA) is 38.3 Å². The fourth-order valence-electron chi connectivity index (χ4n) is 1.50. The highest BCUT2D eigenvalue weighted by molar-refractivity contribution is 7.09. The zero-order chi connectivity index (χ0) is 13.7. The average molecular weight is 283 g/mol. The number of rotatable bonds is 5. The van der Waals surface area contributed by atoms with Crippen molar-refractivity contribution in [2.45, 2.75) is 13.2 Å². The molecule has 6 heteroatoms. The molecule has 100 valence electrons. The molecule has 0 fully saturated rings. The van der Waals surface area contributed by atoms with Crippen LogP contribution >= 0.6 is 11.3 Å². The van der Waals surface area contributed by atoms with Crippen molar-refractivity contribution in [1.82, 2.24) is 5.32 Å². The Bertz CT molecular complexity index is 543. The summed E-state index contributed by atoms with van der Waals surface area (Å²) >= 11 is 1.53. The molecule has 0 saturated heterocycles. The molecule has 19 heavy (non-hydrogen) atoms. The van der Waals surface area contributed by atoms with Crippen molar-refractivity contribution in [2.75, 3.05) is 0 Å². The molecule has 0 aliphatic rings. The first kappa shape index (κ1) is 13.5. The normalized spacial score (nSPS) is 10.5. The number of ether oxygens (including phenoxy) is 1. The number of hydrogen-bond donors (Lipinski definition) is 1. The van der Waals surface area contributed by atoms with E-state index in [1.165, 1.54) is 29.5 Å². The third-order valence-electron chi connectivity index (χ3n) is 2.32. The second-order valence-electron chi connectivity index (χ2n) is 3.67. The van der Waals surface area contributed by atoms with Crippen molar-refractivity contribution in [3.63, 3.8) is 0 Å². The molecule has 2 aromatic rings. The summed E-state index contributed by atoms with van der Waals surface area (Å²) in [7, 11) is 0. The number of benzene rings is 1. The second kappa shape index (κ2) is 6.29. The van der Waals surface area contributed by atoms with Gasteiger partial charge in [0.1, 0.15) is 5.75 Å². The Kier molecular flexibility index (Phi) is 4.46. The van der Waals surface area contributed by atoms with Crippen LogP contribution in [0.15, 0.2) is 41.8 Å². The van der Waals surface area contributed by atoms with Gasteiger partial charge in [0.25, 0.3) is 5.91 Å². The Morgan fingerprint density at radius 1 is 1.32 bits per heavy atom. The molecule has 0 spiro atoms. The quantitative estimate of drug-likeness (QED) is 0.914. The third-order valence-corrected chi connectivity index (χ3v) is 3.20. The van der Waals surface area contributed by atoms with Gasteiger partial charge in [-0.05, 0) is 29.6 Å². The highest BCUT2D eigenvalue weighted by Gasteiger charge is 2.09. The predicted octanol–water partition coefficient (Wildman–Crippen LogP) is 3.28. The van der Waals surface area contributed by atoms with Crippen molar-refractivity contribution in [3.8, 4) is 5.75 Å². The van der Waals surface area contributed by atoms with Crippen LogP contribution in [0.2, 0.25) is 0 Å². The fraction of sp³-hybridized carbons (Fsp3) is 0.154. The minimum absolute atomic E-state index is 0.0289. The van der Waals surface area contributed by atoms with Gasteiger partial charge >= 0.3 is 6.61 Å². The zero-order valence-electron chi connectivity index (χ0n) is 9.81. The lowest BCUT2D eigenvalue weighted by atomic mass is 10.2. The van der Waals surface area contributed by atoms with E-state index in [-0.39, 0.29) is 17.2 Å². The van der Waals surface area contributed by atoms with Gasteiger partial charge in [-0.15, -0.1) is 11.3 Å². The van der Waals surface area contributed by atoms with Crippen LogP contribution in [-0.4, -0.2) is 12.5 Å². The van der Waals surface area contributed by atoms with E-state index in [0.29, 0.717) is 6.54 Å². The van der Waals surface area contributed by atoms with E-state index in [1.807, 2.05) is 17.5 Å². The molecule has 0 aliphatic heterocycles. The van der Waals surface area contributed by atoms with Crippen molar-refractivity contribution in [2.24, 2.45) is 0 Å². The molecule has 0 atom stereocenters. The number of thiophene rings is 1. The lowest BCUT2D eigenvalue weighted by molar-refractivity contribution is -0.0498. The maximum Gasteiger partial charge on any atom is 0.387 e. The van der Waals surface area contributed by atoms with Crippen LogP contribution in [0.25, 0.3) is 0 Å². The monoisotopic (exact) mass is 283 g/mol. The van der Waals surface area contributed by atoms with Gasteiger partial charge in [-0.3, -0.25) is 4.79 Å². The number of alkyl halides is 2. The first-order chi connectivity index (χ1) is 9.15.